The first-order valence-corrected chi connectivity index (χ1v) is 7.38. The van der Waals surface area contributed by atoms with Crippen molar-refractivity contribution in [1.82, 2.24) is 4.90 Å². The first-order chi connectivity index (χ1) is 8.69. The van der Waals surface area contributed by atoms with Crippen LogP contribution in [0.25, 0.3) is 0 Å². The lowest BCUT2D eigenvalue weighted by Crippen LogP contribution is -2.45. The third-order valence-corrected chi connectivity index (χ3v) is 5.12. The molecule has 3 fully saturated rings. The molecule has 0 spiro atoms. The number of hydrogen-bond acceptors (Lipinski definition) is 3. The van der Waals surface area contributed by atoms with Gasteiger partial charge in [-0.05, 0) is 49.4 Å². The quantitative estimate of drug-likeness (QED) is 0.348. The highest BCUT2D eigenvalue weighted by Gasteiger charge is 2.45. The van der Waals surface area contributed by atoms with Crippen molar-refractivity contribution in [2.75, 3.05) is 19.6 Å². The number of hydrogen-bond donors (Lipinski definition) is 2. The molecule has 0 amide bonds. The first kappa shape index (κ1) is 12.3. The van der Waals surface area contributed by atoms with Crippen LogP contribution in [-0.4, -0.2) is 35.6 Å². The Morgan fingerprint density at radius 1 is 1.28 bits per heavy atom. The number of nitrogens with zero attached hydrogens (tertiary/aromatic N) is 2. The van der Waals surface area contributed by atoms with Crippen LogP contribution < -0.4 is 5.73 Å². The molecule has 0 aromatic rings. The minimum absolute atomic E-state index is 0.335. The van der Waals surface area contributed by atoms with Crippen molar-refractivity contribution < 1.29 is 5.21 Å². The summed E-state index contributed by atoms with van der Waals surface area (Å²) in [5, 5.41) is 11.9. The van der Waals surface area contributed by atoms with Crippen LogP contribution in [0.4, 0.5) is 0 Å². The van der Waals surface area contributed by atoms with E-state index >= 15 is 0 Å². The Morgan fingerprint density at radius 2 is 1.94 bits per heavy atom. The summed E-state index contributed by atoms with van der Waals surface area (Å²) < 4.78 is 0. The fourth-order valence-electron chi connectivity index (χ4n) is 4.13. The molecule has 0 aromatic heterocycles. The lowest BCUT2D eigenvalue weighted by Gasteiger charge is -2.42. The van der Waals surface area contributed by atoms with Crippen molar-refractivity contribution >= 4 is 5.84 Å². The van der Waals surface area contributed by atoms with Crippen molar-refractivity contribution in [3.8, 4) is 0 Å². The van der Waals surface area contributed by atoms with Crippen molar-refractivity contribution in [2.24, 2.45) is 28.1 Å². The second-order valence-electron chi connectivity index (χ2n) is 6.86. The Bertz CT molecular complexity index is 326. The van der Waals surface area contributed by atoms with Gasteiger partial charge in [-0.15, -0.1) is 0 Å². The number of fused-ring (bicyclic) bond motifs is 2. The number of likely N-dealkylation sites (tertiary alicyclic amines) is 1. The fourth-order valence-corrected chi connectivity index (χ4v) is 4.13. The predicted molar refractivity (Wildman–Crippen MR) is 71.6 cm³/mol. The number of rotatable bonds is 4. The van der Waals surface area contributed by atoms with E-state index in [-0.39, 0.29) is 0 Å². The summed E-state index contributed by atoms with van der Waals surface area (Å²) in [5.74, 6) is 2.29. The Hall–Kier alpha value is -0.770. The van der Waals surface area contributed by atoms with Crippen LogP contribution in [0.2, 0.25) is 0 Å². The van der Waals surface area contributed by atoms with Crippen LogP contribution in [0.3, 0.4) is 0 Å². The van der Waals surface area contributed by atoms with E-state index in [4.69, 9.17) is 10.9 Å². The van der Waals surface area contributed by atoms with Gasteiger partial charge < -0.3 is 15.8 Å². The van der Waals surface area contributed by atoms with Gasteiger partial charge in [0.1, 0.15) is 5.84 Å². The number of oxime groups is 1. The Labute approximate surface area is 109 Å². The SMILES string of the molecule is NC(CC1(CN2CC3CCCC(C3)C2)CC1)=NO. The van der Waals surface area contributed by atoms with Gasteiger partial charge in [-0.3, -0.25) is 0 Å². The van der Waals surface area contributed by atoms with E-state index in [9.17, 15) is 0 Å². The molecular weight excluding hydrogens is 226 g/mol. The summed E-state index contributed by atoms with van der Waals surface area (Å²) >= 11 is 0. The maximum absolute atomic E-state index is 8.71. The number of amidine groups is 1. The topological polar surface area (TPSA) is 61.8 Å². The van der Waals surface area contributed by atoms with E-state index in [2.05, 4.69) is 10.1 Å². The van der Waals surface area contributed by atoms with Gasteiger partial charge >= 0.3 is 0 Å². The summed E-state index contributed by atoms with van der Waals surface area (Å²) in [6, 6.07) is 0. The summed E-state index contributed by atoms with van der Waals surface area (Å²) in [7, 11) is 0. The molecule has 2 unspecified atom stereocenters. The van der Waals surface area contributed by atoms with Gasteiger partial charge in [0, 0.05) is 26.1 Å². The second kappa shape index (κ2) is 4.72. The van der Waals surface area contributed by atoms with Crippen molar-refractivity contribution in [3.63, 3.8) is 0 Å². The van der Waals surface area contributed by atoms with E-state index in [1.807, 2.05) is 0 Å². The first-order valence-electron chi connectivity index (χ1n) is 7.38. The van der Waals surface area contributed by atoms with Crippen LogP contribution >= 0.6 is 0 Å². The largest absolute Gasteiger partial charge is 0.409 e. The van der Waals surface area contributed by atoms with E-state index in [1.54, 1.807) is 0 Å². The van der Waals surface area contributed by atoms with Gasteiger partial charge in [0.25, 0.3) is 0 Å². The molecule has 2 saturated carbocycles. The monoisotopic (exact) mass is 251 g/mol. The van der Waals surface area contributed by atoms with Gasteiger partial charge in [-0.25, -0.2) is 0 Å². The summed E-state index contributed by atoms with van der Waals surface area (Å²) in [5.41, 5.74) is 6.01. The molecule has 0 radical (unpaired) electrons. The van der Waals surface area contributed by atoms with Crippen LogP contribution in [0.15, 0.2) is 5.16 Å². The molecular formula is C14H25N3O. The smallest absolute Gasteiger partial charge is 0.139 e. The molecule has 3 N–H and O–H groups in total. The predicted octanol–water partition coefficient (Wildman–Crippen LogP) is 2.03. The van der Waals surface area contributed by atoms with Crippen molar-refractivity contribution in [2.45, 2.75) is 44.9 Å². The standard InChI is InChI=1S/C14H25N3O/c15-13(16-18)7-14(4-5-14)10-17-8-11-2-1-3-12(6-11)9-17/h11-12,18H,1-10H2,(H2,15,16). The molecule has 2 atom stereocenters. The van der Waals surface area contributed by atoms with Gasteiger partial charge in [0.15, 0.2) is 0 Å². The second-order valence-corrected chi connectivity index (χ2v) is 6.86. The van der Waals surface area contributed by atoms with Crippen LogP contribution in [0.5, 0.6) is 0 Å². The maximum atomic E-state index is 8.71. The number of piperidine rings is 1. The molecule has 1 heterocycles. The molecule has 1 saturated heterocycles. The summed E-state index contributed by atoms with van der Waals surface area (Å²) in [4.78, 5) is 2.66. The van der Waals surface area contributed by atoms with E-state index in [1.165, 1.54) is 51.6 Å². The molecule has 2 bridgehead atoms. The molecule has 4 nitrogen and oxygen atoms in total. The van der Waals surface area contributed by atoms with Crippen molar-refractivity contribution in [1.29, 1.82) is 0 Å². The average Bonchev–Trinajstić information content (AvgIpc) is 3.08. The van der Waals surface area contributed by atoms with Gasteiger partial charge in [0.2, 0.25) is 0 Å². The highest BCUT2D eigenvalue weighted by Crippen LogP contribution is 2.50. The fraction of sp³-hybridized carbons (Fsp3) is 0.929. The average molecular weight is 251 g/mol. The zero-order valence-electron chi connectivity index (χ0n) is 11.1. The Kier molecular flexibility index (Phi) is 3.22. The molecule has 18 heavy (non-hydrogen) atoms. The van der Waals surface area contributed by atoms with Crippen LogP contribution in [0, 0.1) is 17.3 Å². The zero-order valence-corrected chi connectivity index (χ0v) is 11.1. The molecule has 3 rings (SSSR count). The Morgan fingerprint density at radius 3 is 2.50 bits per heavy atom. The van der Waals surface area contributed by atoms with Gasteiger partial charge in [-0.1, -0.05) is 11.6 Å². The third kappa shape index (κ3) is 2.63. The Balaban J connectivity index is 1.56. The molecule has 3 aliphatic rings. The molecule has 2 aliphatic carbocycles. The lowest BCUT2D eigenvalue weighted by atomic mass is 9.77. The lowest BCUT2D eigenvalue weighted by molar-refractivity contribution is 0.0706. The van der Waals surface area contributed by atoms with Gasteiger partial charge in [0.05, 0.1) is 0 Å². The normalized spacial score (nSPS) is 35.4. The highest BCUT2D eigenvalue weighted by molar-refractivity contribution is 5.80. The maximum Gasteiger partial charge on any atom is 0.139 e. The van der Waals surface area contributed by atoms with E-state index < -0.39 is 0 Å². The number of nitrogens with two attached hydrogens (primary N) is 1. The third-order valence-electron chi connectivity index (χ3n) is 5.12. The highest BCUT2D eigenvalue weighted by atomic mass is 16.4. The summed E-state index contributed by atoms with van der Waals surface area (Å²) in [6.07, 6.45) is 9.03. The minimum atomic E-state index is 0.335. The zero-order chi connectivity index (χ0) is 12.6. The van der Waals surface area contributed by atoms with E-state index in [0.717, 1.165) is 24.8 Å². The van der Waals surface area contributed by atoms with Crippen LogP contribution in [0.1, 0.15) is 44.9 Å². The van der Waals surface area contributed by atoms with Gasteiger partial charge in [-0.2, -0.15) is 0 Å². The minimum Gasteiger partial charge on any atom is -0.409 e. The molecule has 1 aliphatic heterocycles. The molecule has 0 aromatic carbocycles. The van der Waals surface area contributed by atoms with Crippen LogP contribution in [-0.2, 0) is 0 Å². The van der Waals surface area contributed by atoms with Crippen molar-refractivity contribution in [3.05, 3.63) is 0 Å². The van der Waals surface area contributed by atoms with E-state index in [0.29, 0.717) is 11.3 Å². The molecule has 102 valence electrons. The molecule has 4 heteroatoms. The summed E-state index contributed by atoms with van der Waals surface area (Å²) in [6.45, 7) is 3.74.